The second-order valence-corrected chi connectivity index (χ2v) is 6.63. The summed E-state index contributed by atoms with van der Waals surface area (Å²) in [6, 6.07) is 9.31. The maximum absolute atomic E-state index is 11.6. The molecule has 0 atom stereocenters. The van der Waals surface area contributed by atoms with Crippen molar-refractivity contribution < 1.29 is 9.53 Å². The molecule has 0 spiro atoms. The van der Waals surface area contributed by atoms with Gasteiger partial charge < -0.3 is 15.8 Å². The summed E-state index contributed by atoms with van der Waals surface area (Å²) < 4.78 is 6.31. The summed E-state index contributed by atoms with van der Waals surface area (Å²) in [5, 5.41) is 3.19. The lowest BCUT2D eigenvalue weighted by atomic mass is 10.1. The van der Waals surface area contributed by atoms with Crippen LogP contribution in [0.5, 0.6) is 0 Å². The number of primary amides is 1. The van der Waals surface area contributed by atoms with Gasteiger partial charge in [-0.1, -0.05) is 28.1 Å². The molecule has 2 heterocycles. The highest BCUT2D eigenvalue weighted by molar-refractivity contribution is 9.10. The molecule has 1 aliphatic rings. The standard InChI is InChI=1S/C17H20BrN5O2/c18-13-3-1-12(2-4-13)14-11-15(16(19)24)22-17(21-14)20-5-6-23-7-9-25-10-8-23/h1-4,11H,5-10H2,(H2,19,24)(H,20,21,22). The number of hydrogen-bond donors (Lipinski definition) is 2. The van der Waals surface area contributed by atoms with Crippen molar-refractivity contribution in [1.29, 1.82) is 0 Å². The highest BCUT2D eigenvalue weighted by Gasteiger charge is 2.12. The molecule has 3 N–H and O–H groups in total. The lowest BCUT2D eigenvalue weighted by molar-refractivity contribution is 0.0398. The fraction of sp³-hybridized carbons (Fsp3) is 0.353. The van der Waals surface area contributed by atoms with Crippen molar-refractivity contribution in [3.63, 3.8) is 0 Å². The summed E-state index contributed by atoms with van der Waals surface area (Å²) >= 11 is 3.41. The number of nitrogens with zero attached hydrogens (tertiary/aromatic N) is 3. The number of amides is 1. The van der Waals surface area contributed by atoms with E-state index in [2.05, 4.69) is 36.1 Å². The molecule has 1 amide bonds. The topological polar surface area (TPSA) is 93.4 Å². The third-order valence-corrected chi connectivity index (χ3v) is 4.46. The maximum atomic E-state index is 11.6. The predicted octanol–water partition coefficient (Wildman–Crippen LogP) is 1.75. The smallest absolute Gasteiger partial charge is 0.267 e. The molecule has 0 unspecified atom stereocenters. The van der Waals surface area contributed by atoms with Crippen molar-refractivity contribution in [3.8, 4) is 11.3 Å². The third-order valence-electron chi connectivity index (χ3n) is 3.93. The monoisotopic (exact) mass is 405 g/mol. The van der Waals surface area contributed by atoms with Gasteiger partial charge in [-0.3, -0.25) is 9.69 Å². The number of ether oxygens (including phenoxy) is 1. The molecule has 1 aromatic heterocycles. The summed E-state index contributed by atoms with van der Waals surface area (Å²) in [5.74, 6) is -0.167. The lowest BCUT2D eigenvalue weighted by Crippen LogP contribution is -2.39. The first-order valence-corrected chi connectivity index (χ1v) is 8.90. The molecule has 132 valence electrons. The number of benzene rings is 1. The van der Waals surface area contributed by atoms with E-state index in [4.69, 9.17) is 10.5 Å². The molecular formula is C17H20BrN5O2. The van der Waals surface area contributed by atoms with Gasteiger partial charge in [0.1, 0.15) is 5.69 Å². The van der Waals surface area contributed by atoms with Crippen molar-refractivity contribution in [2.24, 2.45) is 5.73 Å². The van der Waals surface area contributed by atoms with E-state index < -0.39 is 5.91 Å². The molecular weight excluding hydrogens is 386 g/mol. The molecule has 1 aliphatic heterocycles. The van der Waals surface area contributed by atoms with Crippen LogP contribution in [0.15, 0.2) is 34.8 Å². The van der Waals surface area contributed by atoms with Gasteiger partial charge in [-0.25, -0.2) is 9.97 Å². The van der Waals surface area contributed by atoms with Crippen LogP contribution < -0.4 is 11.1 Å². The van der Waals surface area contributed by atoms with Crippen LogP contribution in [0, 0.1) is 0 Å². The number of nitrogens with one attached hydrogen (secondary N) is 1. The summed E-state index contributed by atoms with van der Waals surface area (Å²) in [4.78, 5) is 22.6. The molecule has 1 saturated heterocycles. The van der Waals surface area contributed by atoms with E-state index in [0.29, 0.717) is 18.2 Å². The Hall–Kier alpha value is -2.03. The van der Waals surface area contributed by atoms with Crippen molar-refractivity contribution in [2.75, 3.05) is 44.7 Å². The van der Waals surface area contributed by atoms with Crippen molar-refractivity contribution in [1.82, 2.24) is 14.9 Å². The van der Waals surface area contributed by atoms with E-state index in [9.17, 15) is 4.79 Å². The van der Waals surface area contributed by atoms with E-state index >= 15 is 0 Å². The van der Waals surface area contributed by atoms with Crippen LogP contribution in [0.2, 0.25) is 0 Å². The van der Waals surface area contributed by atoms with Gasteiger partial charge in [0.2, 0.25) is 5.95 Å². The van der Waals surface area contributed by atoms with Gasteiger partial charge >= 0.3 is 0 Å². The van der Waals surface area contributed by atoms with Gasteiger partial charge in [0.15, 0.2) is 0 Å². The Balaban J connectivity index is 1.73. The Morgan fingerprint density at radius 3 is 2.64 bits per heavy atom. The molecule has 2 aromatic rings. The fourth-order valence-corrected chi connectivity index (χ4v) is 2.84. The van der Waals surface area contributed by atoms with Crippen LogP contribution in [-0.2, 0) is 4.74 Å². The third kappa shape index (κ3) is 4.97. The Kier molecular flexibility index (Phi) is 5.95. The van der Waals surface area contributed by atoms with E-state index in [1.807, 2.05) is 24.3 Å². The number of aromatic nitrogens is 2. The highest BCUT2D eigenvalue weighted by Crippen LogP contribution is 2.21. The van der Waals surface area contributed by atoms with Gasteiger partial charge in [0.05, 0.1) is 18.9 Å². The molecule has 1 fully saturated rings. The van der Waals surface area contributed by atoms with Gasteiger partial charge in [-0.15, -0.1) is 0 Å². The Labute approximate surface area is 154 Å². The molecule has 1 aromatic carbocycles. The SMILES string of the molecule is NC(=O)c1cc(-c2ccc(Br)cc2)nc(NCCN2CCOCC2)n1. The quantitative estimate of drug-likeness (QED) is 0.760. The minimum absolute atomic E-state index is 0.196. The van der Waals surface area contributed by atoms with Crippen LogP contribution in [0.25, 0.3) is 11.3 Å². The van der Waals surface area contributed by atoms with Gasteiger partial charge in [0.25, 0.3) is 5.91 Å². The van der Waals surface area contributed by atoms with Gasteiger partial charge in [-0.05, 0) is 18.2 Å². The number of morpholine rings is 1. The van der Waals surface area contributed by atoms with Crippen LogP contribution in [0.1, 0.15) is 10.5 Å². The predicted molar refractivity (Wildman–Crippen MR) is 99.4 cm³/mol. The van der Waals surface area contributed by atoms with Crippen molar-refractivity contribution in [2.45, 2.75) is 0 Å². The zero-order chi connectivity index (χ0) is 17.6. The summed E-state index contributed by atoms with van der Waals surface area (Å²) in [6.07, 6.45) is 0. The zero-order valence-electron chi connectivity index (χ0n) is 13.7. The Morgan fingerprint density at radius 1 is 1.24 bits per heavy atom. The molecule has 0 radical (unpaired) electrons. The molecule has 3 rings (SSSR count). The molecule has 25 heavy (non-hydrogen) atoms. The highest BCUT2D eigenvalue weighted by atomic mass is 79.9. The normalized spacial score (nSPS) is 15.1. The van der Waals surface area contributed by atoms with Crippen molar-refractivity contribution >= 4 is 27.8 Å². The number of anilines is 1. The van der Waals surface area contributed by atoms with E-state index in [-0.39, 0.29) is 5.69 Å². The largest absolute Gasteiger partial charge is 0.379 e. The first-order valence-electron chi connectivity index (χ1n) is 8.10. The molecule has 0 saturated carbocycles. The number of halogens is 1. The second kappa shape index (κ2) is 8.37. The van der Waals surface area contributed by atoms with Crippen LogP contribution in [0.3, 0.4) is 0 Å². The number of carbonyl (C=O) groups is 1. The molecule has 8 heteroatoms. The van der Waals surface area contributed by atoms with Crippen LogP contribution in [-0.4, -0.2) is 60.2 Å². The average Bonchev–Trinajstić information content (AvgIpc) is 2.63. The number of hydrogen-bond acceptors (Lipinski definition) is 6. The maximum Gasteiger partial charge on any atom is 0.267 e. The fourth-order valence-electron chi connectivity index (χ4n) is 2.57. The van der Waals surface area contributed by atoms with Gasteiger partial charge in [0, 0.05) is 36.2 Å². The average molecular weight is 406 g/mol. The van der Waals surface area contributed by atoms with E-state index in [1.165, 1.54) is 0 Å². The lowest BCUT2D eigenvalue weighted by Gasteiger charge is -2.26. The minimum atomic E-state index is -0.572. The Morgan fingerprint density at radius 2 is 1.96 bits per heavy atom. The summed E-state index contributed by atoms with van der Waals surface area (Å²) in [7, 11) is 0. The van der Waals surface area contributed by atoms with Crippen LogP contribution >= 0.6 is 15.9 Å². The molecule has 0 bridgehead atoms. The zero-order valence-corrected chi connectivity index (χ0v) is 15.3. The summed E-state index contributed by atoms with van der Waals surface area (Å²) in [6.45, 7) is 4.92. The number of nitrogens with two attached hydrogens (primary N) is 1. The Bertz CT molecular complexity index is 732. The van der Waals surface area contributed by atoms with Crippen LogP contribution in [0.4, 0.5) is 5.95 Å². The minimum Gasteiger partial charge on any atom is -0.379 e. The van der Waals surface area contributed by atoms with E-state index in [0.717, 1.165) is 42.9 Å². The van der Waals surface area contributed by atoms with E-state index in [1.54, 1.807) is 6.07 Å². The molecule has 0 aliphatic carbocycles. The summed E-state index contributed by atoms with van der Waals surface area (Å²) in [5.41, 5.74) is 7.16. The molecule has 7 nitrogen and oxygen atoms in total. The van der Waals surface area contributed by atoms with Gasteiger partial charge in [-0.2, -0.15) is 0 Å². The number of rotatable bonds is 6. The first kappa shape index (κ1) is 17.8. The van der Waals surface area contributed by atoms with Crippen molar-refractivity contribution in [3.05, 3.63) is 40.5 Å². The first-order chi connectivity index (χ1) is 12.1. The number of carbonyl (C=O) groups excluding carboxylic acids is 1. The second-order valence-electron chi connectivity index (χ2n) is 5.71.